The minimum Gasteiger partial charge on any atom is -0.378 e. The molecule has 0 radical (unpaired) electrons. The Hall–Kier alpha value is -1.87. The SMILES string of the molecule is CC(=O)c1ccc2c(c1)[C@@H]1C=CC[C@@H]1C(c1ccccc1Br)N2. The largest absolute Gasteiger partial charge is 0.378 e. The van der Waals surface area contributed by atoms with E-state index in [-0.39, 0.29) is 11.8 Å². The Balaban J connectivity index is 1.81. The van der Waals surface area contributed by atoms with E-state index in [9.17, 15) is 4.79 Å². The van der Waals surface area contributed by atoms with Gasteiger partial charge in [0.15, 0.2) is 5.78 Å². The molecule has 2 nitrogen and oxygen atoms in total. The Morgan fingerprint density at radius 2 is 2.00 bits per heavy atom. The van der Waals surface area contributed by atoms with Crippen LogP contribution in [0.2, 0.25) is 0 Å². The maximum absolute atomic E-state index is 11.7. The minimum absolute atomic E-state index is 0.124. The summed E-state index contributed by atoms with van der Waals surface area (Å²) in [6.45, 7) is 1.63. The molecule has 0 saturated heterocycles. The Labute approximate surface area is 144 Å². The van der Waals surface area contributed by atoms with Crippen molar-refractivity contribution in [3.05, 3.63) is 75.8 Å². The van der Waals surface area contributed by atoms with Gasteiger partial charge in [-0.25, -0.2) is 0 Å². The van der Waals surface area contributed by atoms with Crippen LogP contribution in [-0.4, -0.2) is 5.78 Å². The molecule has 0 aromatic heterocycles. The van der Waals surface area contributed by atoms with Crippen LogP contribution in [-0.2, 0) is 0 Å². The van der Waals surface area contributed by atoms with Gasteiger partial charge in [0.1, 0.15) is 0 Å². The molecule has 1 heterocycles. The number of nitrogens with one attached hydrogen (secondary N) is 1. The average molecular weight is 368 g/mol. The molecule has 1 aliphatic heterocycles. The highest BCUT2D eigenvalue weighted by atomic mass is 79.9. The molecule has 0 amide bonds. The van der Waals surface area contributed by atoms with Gasteiger partial charge < -0.3 is 5.32 Å². The zero-order valence-corrected chi connectivity index (χ0v) is 14.5. The summed E-state index contributed by atoms with van der Waals surface area (Å²) in [7, 11) is 0. The predicted octanol–water partition coefficient (Wildman–Crippen LogP) is 5.48. The smallest absolute Gasteiger partial charge is 0.159 e. The molecule has 1 aliphatic carbocycles. The normalized spacial score (nSPS) is 24.7. The summed E-state index contributed by atoms with van der Waals surface area (Å²) < 4.78 is 1.15. The van der Waals surface area contributed by atoms with Crippen LogP contribution in [0.5, 0.6) is 0 Å². The first kappa shape index (κ1) is 14.7. The van der Waals surface area contributed by atoms with Crippen molar-refractivity contribution in [3.63, 3.8) is 0 Å². The fourth-order valence-electron chi connectivity index (χ4n) is 3.85. The predicted molar refractivity (Wildman–Crippen MR) is 96.9 cm³/mol. The summed E-state index contributed by atoms with van der Waals surface area (Å²) in [5, 5.41) is 3.71. The number of allylic oxidation sites excluding steroid dienone is 2. The number of hydrogen-bond acceptors (Lipinski definition) is 2. The number of Topliss-reactive ketones (excluding diaryl/α,β-unsaturated/α-hetero) is 1. The summed E-state index contributed by atoms with van der Waals surface area (Å²) >= 11 is 3.69. The molecule has 2 aromatic rings. The van der Waals surface area contributed by atoms with Gasteiger partial charge in [-0.1, -0.05) is 46.3 Å². The summed E-state index contributed by atoms with van der Waals surface area (Å²) in [5.74, 6) is 0.991. The van der Waals surface area contributed by atoms with Gasteiger partial charge in [-0.2, -0.15) is 0 Å². The van der Waals surface area contributed by atoms with Crippen molar-refractivity contribution in [2.75, 3.05) is 5.32 Å². The standard InChI is InChI=1S/C20H18BrNO/c1-12(23)13-9-10-19-17(11-13)14-6-4-7-15(14)20(22-19)16-5-2-3-8-18(16)21/h2-6,8-11,14-15,20,22H,7H2,1H3/t14-,15+,20?/m1/s1. The fraction of sp³-hybridized carbons (Fsp3) is 0.250. The minimum atomic E-state index is 0.124. The van der Waals surface area contributed by atoms with E-state index in [1.54, 1.807) is 6.92 Å². The van der Waals surface area contributed by atoms with Crippen LogP contribution in [0.4, 0.5) is 5.69 Å². The molecule has 2 aliphatic rings. The number of rotatable bonds is 2. The van der Waals surface area contributed by atoms with Crippen LogP contribution in [0.25, 0.3) is 0 Å². The monoisotopic (exact) mass is 367 g/mol. The van der Waals surface area contributed by atoms with Crippen LogP contribution in [0.3, 0.4) is 0 Å². The third-order valence-electron chi connectivity index (χ3n) is 5.01. The molecule has 3 heteroatoms. The van der Waals surface area contributed by atoms with Gasteiger partial charge in [0.25, 0.3) is 0 Å². The number of ketones is 1. The highest BCUT2D eigenvalue weighted by molar-refractivity contribution is 9.10. The second kappa shape index (κ2) is 5.64. The lowest BCUT2D eigenvalue weighted by molar-refractivity contribution is 0.101. The lowest BCUT2D eigenvalue weighted by atomic mass is 9.76. The molecule has 2 aromatic carbocycles. The number of halogens is 1. The average Bonchev–Trinajstić information content (AvgIpc) is 3.04. The molecular formula is C20H18BrNO. The fourth-order valence-corrected chi connectivity index (χ4v) is 4.38. The van der Waals surface area contributed by atoms with Gasteiger partial charge in [-0.3, -0.25) is 4.79 Å². The summed E-state index contributed by atoms with van der Waals surface area (Å²) in [6.07, 6.45) is 5.64. The summed E-state index contributed by atoms with van der Waals surface area (Å²) in [4.78, 5) is 11.7. The maximum Gasteiger partial charge on any atom is 0.159 e. The second-order valence-corrected chi connectivity index (χ2v) is 7.21. The molecule has 0 fully saturated rings. The number of hydrogen-bond donors (Lipinski definition) is 1. The summed E-state index contributed by atoms with van der Waals surface area (Å²) in [6, 6.07) is 14.7. The van der Waals surface area contributed by atoms with Gasteiger partial charge in [-0.05, 0) is 54.7 Å². The van der Waals surface area contributed by atoms with Crippen molar-refractivity contribution in [3.8, 4) is 0 Å². The van der Waals surface area contributed by atoms with Crippen LogP contribution in [0, 0.1) is 5.92 Å². The topological polar surface area (TPSA) is 29.1 Å². The van der Waals surface area contributed by atoms with Crippen molar-refractivity contribution in [2.45, 2.75) is 25.3 Å². The van der Waals surface area contributed by atoms with Gasteiger partial charge in [0.05, 0.1) is 6.04 Å². The first-order valence-corrected chi connectivity index (χ1v) is 8.77. The first-order chi connectivity index (χ1) is 11.1. The van der Waals surface area contributed by atoms with Crippen molar-refractivity contribution in [1.29, 1.82) is 0 Å². The van der Waals surface area contributed by atoms with Crippen LogP contribution in [0.15, 0.2) is 59.1 Å². The first-order valence-electron chi connectivity index (χ1n) is 7.97. The van der Waals surface area contributed by atoms with E-state index in [1.807, 2.05) is 12.1 Å². The van der Waals surface area contributed by atoms with Crippen LogP contribution >= 0.6 is 15.9 Å². The zero-order chi connectivity index (χ0) is 16.0. The Kier molecular flexibility index (Phi) is 3.61. The number of carbonyl (C=O) groups excluding carboxylic acids is 1. The second-order valence-electron chi connectivity index (χ2n) is 6.36. The third kappa shape index (κ3) is 2.43. The number of anilines is 1. The molecule has 0 spiro atoms. The van der Waals surface area contributed by atoms with Crippen molar-refractivity contribution in [2.24, 2.45) is 5.92 Å². The number of carbonyl (C=O) groups is 1. The highest BCUT2D eigenvalue weighted by Gasteiger charge is 2.38. The number of benzene rings is 2. The van der Waals surface area contributed by atoms with Crippen LogP contribution < -0.4 is 5.32 Å². The van der Waals surface area contributed by atoms with Gasteiger partial charge in [0.2, 0.25) is 0 Å². The third-order valence-corrected chi connectivity index (χ3v) is 5.73. The molecule has 1 unspecified atom stereocenters. The van der Waals surface area contributed by atoms with Gasteiger partial charge in [-0.15, -0.1) is 0 Å². The molecule has 23 heavy (non-hydrogen) atoms. The molecule has 116 valence electrons. The van der Waals surface area contributed by atoms with E-state index in [4.69, 9.17) is 0 Å². The molecule has 4 rings (SSSR count). The Bertz CT molecular complexity index is 811. The molecular weight excluding hydrogens is 350 g/mol. The zero-order valence-electron chi connectivity index (χ0n) is 12.9. The van der Waals surface area contributed by atoms with Crippen molar-refractivity contribution >= 4 is 27.4 Å². The van der Waals surface area contributed by atoms with Gasteiger partial charge in [0, 0.05) is 21.6 Å². The number of fused-ring (bicyclic) bond motifs is 3. The van der Waals surface area contributed by atoms with E-state index < -0.39 is 0 Å². The van der Waals surface area contributed by atoms with Crippen molar-refractivity contribution in [1.82, 2.24) is 0 Å². The highest BCUT2D eigenvalue weighted by Crippen LogP contribution is 2.50. The van der Waals surface area contributed by atoms with E-state index >= 15 is 0 Å². The lowest BCUT2D eigenvalue weighted by Crippen LogP contribution is -2.29. The molecule has 0 saturated carbocycles. The van der Waals surface area contributed by atoms with Crippen LogP contribution in [0.1, 0.15) is 46.8 Å². The van der Waals surface area contributed by atoms with E-state index in [0.29, 0.717) is 11.8 Å². The van der Waals surface area contributed by atoms with Crippen molar-refractivity contribution < 1.29 is 4.79 Å². The maximum atomic E-state index is 11.7. The Morgan fingerprint density at radius 3 is 2.78 bits per heavy atom. The van der Waals surface area contributed by atoms with E-state index in [0.717, 1.165) is 22.1 Å². The summed E-state index contributed by atoms with van der Waals surface area (Å²) in [5.41, 5.74) is 4.49. The van der Waals surface area contributed by atoms with Gasteiger partial charge >= 0.3 is 0 Å². The molecule has 0 bridgehead atoms. The van der Waals surface area contributed by atoms with E-state index in [1.165, 1.54) is 11.1 Å². The molecule has 3 atom stereocenters. The lowest BCUT2D eigenvalue weighted by Gasteiger charge is -2.38. The quantitative estimate of drug-likeness (QED) is 0.562. The Morgan fingerprint density at radius 1 is 1.17 bits per heavy atom. The van der Waals surface area contributed by atoms with E-state index in [2.05, 4.69) is 63.7 Å². The molecule has 1 N–H and O–H groups in total.